The molecule has 1 saturated carbocycles. The van der Waals surface area contributed by atoms with Crippen LogP contribution in [0.1, 0.15) is 65.2 Å². The topological polar surface area (TPSA) is 12.0 Å². The van der Waals surface area contributed by atoms with E-state index in [-0.39, 0.29) is 0 Å². The molecule has 1 N–H and O–H groups in total. The molecule has 1 atom stereocenters. The molecule has 0 aromatic rings. The third-order valence-electron chi connectivity index (χ3n) is 3.72. The van der Waals surface area contributed by atoms with Crippen LogP contribution in [0.25, 0.3) is 0 Å². The SMILES string of the molecule is C=CC(C)(CCCCCCC)CNC1CC1. The van der Waals surface area contributed by atoms with Crippen LogP contribution in [-0.2, 0) is 0 Å². The number of nitrogens with one attached hydrogen (secondary N) is 1. The van der Waals surface area contributed by atoms with E-state index in [1.165, 1.54) is 51.4 Å². The second-order valence-electron chi connectivity index (χ2n) is 5.68. The Balaban J connectivity index is 2.09. The van der Waals surface area contributed by atoms with Gasteiger partial charge in [-0.15, -0.1) is 6.58 Å². The van der Waals surface area contributed by atoms with E-state index in [1.54, 1.807) is 0 Å². The van der Waals surface area contributed by atoms with Crippen LogP contribution >= 0.6 is 0 Å². The first kappa shape index (κ1) is 13.8. The normalized spacial score (nSPS) is 19.4. The highest BCUT2D eigenvalue weighted by Gasteiger charge is 2.25. The molecule has 0 aliphatic heterocycles. The second kappa shape index (κ2) is 7.11. The first-order valence-corrected chi connectivity index (χ1v) is 7.07. The van der Waals surface area contributed by atoms with Crippen molar-refractivity contribution in [3.8, 4) is 0 Å². The molecule has 0 saturated heterocycles. The van der Waals surface area contributed by atoms with Gasteiger partial charge in [0.2, 0.25) is 0 Å². The smallest absolute Gasteiger partial charge is 0.00685 e. The van der Waals surface area contributed by atoms with Gasteiger partial charge in [-0.25, -0.2) is 0 Å². The predicted octanol–water partition coefficient (Wildman–Crippen LogP) is 4.29. The van der Waals surface area contributed by atoms with Gasteiger partial charge in [-0.05, 0) is 24.7 Å². The minimum atomic E-state index is 0.314. The van der Waals surface area contributed by atoms with Gasteiger partial charge in [-0.3, -0.25) is 0 Å². The summed E-state index contributed by atoms with van der Waals surface area (Å²) in [5.74, 6) is 0. The maximum Gasteiger partial charge on any atom is 0.00685 e. The highest BCUT2D eigenvalue weighted by molar-refractivity contribution is 4.95. The van der Waals surface area contributed by atoms with Crippen LogP contribution in [0.2, 0.25) is 0 Å². The van der Waals surface area contributed by atoms with Crippen molar-refractivity contribution in [1.82, 2.24) is 5.32 Å². The van der Waals surface area contributed by atoms with Gasteiger partial charge >= 0.3 is 0 Å². The summed E-state index contributed by atoms with van der Waals surface area (Å²) in [5.41, 5.74) is 0.314. The molecule has 1 fully saturated rings. The van der Waals surface area contributed by atoms with E-state index in [2.05, 4.69) is 31.8 Å². The van der Waals surface area contributed by atoms with Gasteiger partial charge in [0.05, 0.1) is 0 Å². The maximum atomic E-state index is 4.01. The molecule has 1 unspecified atom stereocenters. The Labute approximate surface area is 102 Å². The number of hydrogen-bond acceptors (Lipinski definition) is 1. The van der Waals surface area contributed by atoms with Gasteiger partial charge in [0, 0.05) is 12.6 Å². The fraction of sp³-hybridized carbons (Fsp3) is 0.867. The van der Waals surface area contributed by atoms with Crippen LogP contribution < -0.4 is 5.32 Å². The van der Waals surface area contributed by atoms with Crippen molar-refractivity contribution in [3.05, 3.63) is 12.7 Å². The number of rotatable bonds is 10. The zero-order valence-corrected chi connectivity index (χ0v) is 11.2. The molecule has 0 aromatic heterocycles. The zero-order chi connectivity index (χ0) is 11.9. The first-order chi connectivity index (χ1) is 7.70. The Hall–Kier alpha value is -0.300. The molecule has 0 spiro atoms. The van der Waals surface area contributed by atoms with Crippen molar-refractivity contribution in [1.29, 1.82) is 0 Å². The Morgan fingerprint density at radius 1 is 1.25 bits per heavy atom. The first-order valence-electron chi connectivity index (χ1n) is 7.07. The summed E-state index contributed by atoms with van der Waals surface area (Å²) < 4.78 is 0. The lowest BCUT2D eigenvalue weighted by molar-refractivity contribution is 0.346. The Bertz CT molecular complexity index is 196. The molecular weight excluding hydrogens is 194 g/mol. The average molecular weight is 223 g/mol. The Morgan fingerprint density at radius 3 is 2.50 bits per heavy atom. The van der Waals surface area contributed by atoms with E-state index in [4.69, 9.17) is 0 Å². The predicted molar refractivity (Wildman–Crippen MR) is 72.7 cm³/mol. The van der Waals surface area contributed by atoms with Crippen molar-refractivity contribution in [3.63, 3.8) is 0 Å². The molecule has 1 heteroatoms. The van der Waals surface area contributed by atoms with E-state index < -0.39 is 0 Å². The van der Waals surface area contributed by atoms with Gasteiger partial charge in [0.1, 0.15) is 0 Å². The lowest BCUT2D eigenvalue weighted by Crippen LogP contribution is -2.31. The second-order valence-corrected chi connectivity index (χ2v) is 5.68. The monoisotopic (exact) mass is 223 g/mol. The summed E-state index contributed by atoms with van der Waals surface area (Å²) in [6.07, 6.45) is 13.1. The Morgan fingerprint density at radius 2 is 1.94 bits per heavy atom. The highest BCUT2D eigenvalue weighted by Crippen LogP contribution is 2.27. The molecule has 1 nitrogen and oxygen atoms in total. The van der Waals surface area contributed by atoms with E-state index in [9.17, 15) is 0 Å². The minimum Gasteiger partial charge on any atom is -0.313 e. The third-order valence-corrected chi connectivity index (χ3v) is 3.72. The van der Waals surface area contributed by atoms with Crippen LogP contribution in [-0.4, -0.2) is 12.6 Å². The molecule has 0 heterocycles. The molecular formula is C15H29N. The number of unbranched alkanes of at least 4 members (excludes halogenated alkanes) is 4. The number of hydrogen-bond donors (Lipinski definition) is 1. The summed E-state index contributed by atoms with van der Waals surface area (Å²) in [6.45, 7) is 9.74. The summed E-state index contributed by atoms with van der Waals surface area (Å²) in [7, 11) is 0. The van der Waals surface area contributed by atoms with Crippen molar-refractivity contribution < 1.29 is 0 Å². The minimum absolute atomic E-state index is 0.314. The quantitative estimate of drug-likeness (QED) is 0.430. The molecule has 1 aliphatic rings. The largest absolute Gasteiger partial charge is 0.313 e. The van der Waals surface area contributed by atoms with E-state index >= 15 is 0 Å². The van der Waals surface area contributed by atoms with Gasteiger partial charge in [-0.1, -0.05) is 52.0 Å². The van der Waals surface area contributed by atoms with Crippen molar-refractivity contribution in [2.45, 2.75) is 71.3 Å². The summed E-state index contributed by atoms with van der Waals surface area (Å²) in [5, 5.41) is 3.63. The third kappa shape index (κ3) is 5.69. The molecule has 0 aromatic carbocycles. The van der Waals surface area contributed by atoms with Crippen LogP contribution in [0.5, 0.6) is 0 Å². The van der Waals surface area contributed by atoms with Gasteiger partial charge in [-0.2, -0.15) is 0 Å². The van der Waals surface area contributed by atoms with Crippen molar-refractivity contribution in [2.24, 2.45) is 5.41 Å². The summed E-state index contributed by atoms with van der Waals surface area (Å²) in [4.78, 5) is 0. The molecule has 1 rings (SSSR count). The van der Waals surface area contributed by atoms with E-state index in [0.717, 1.165) is 12.6 Å². The Kier molecular flexibility index (Phi) is 6.12. The molecule has 0 radical (unpaired) electrons. The molecule has 1 aliphatic carbocycles. The zero-order valence-electron chi connectivity index (χ0n) is 11.2. The van der Waals surface area contributed by atoms with Crippen LogP contribution in [0.3, 0.4) is 0 Å². The van der Waals surface area contributed by atoms with Gasteiger partial charge < -0.3 is 5.32 Å². The van der Waals surface area contributed by atoms with Crippen LogP contribution in [0.4, 0.5) is 0 Å². The fourth-order valence-electron chi connectivity index (χ4n) is 2.06. The lowest BCUT2D eigenvalue weighted by Gasteiger charge is -2.26. The van der Waals surface area contributed by atoms with Crippen LogP contribution in [0.15, 0.2) is 12.7 Å². The summed E-state index contributed by atoms with van der Waals surface area (Å²) >= 11 is 0. The molecule has 16 heavy (non-hydrogen) atoms. The van der Waals surface area contributed by atoms with Gasteiger partial charge in [0.15, 0.2) is 0 Å². The van der Waals surface area contributed by atoms with Crippen molar-refractivity contribution in [2.75, 3.05) is 6.54 Å². The molecule has 0 amide bonds. The van der Waals surface area contributed by atoms with Crippen LogP contribution in [0, 0.1) is 5.41 Å². The standard InChI is InChI=1S/C15H29N/c1-4-6-7-8-9-12-15(3,5-2)13-16-14-10-11-14/h5,14,16H,2,4,6-13H2,1,3H3. The molecule has 0 bridgehead atoms. The highest BCUT2D eigenvalue weighted by atomic mass is 15.0. The maximum absolute atomic E-state index is 4.01. The molecule has 94 valence electrons. The fourth-order valence-corrected chi connectivity index (χ4v) is 2.06. The van der Waals surface area contributed by atoms with Crippen molar-refractivity contribution >= 4 is 0 Å². The van der Waals surface area contributed by atoms with E-state index in [0.29, 0.717) is 5.41 Å². The summed E-state index contributed by atoms with van der Waals surface area (Å²) in [6, 6.07) is 0.819. The van der Waals surface area contributed by atoms with E-state index in [1.807, 2.05) is 0 Å². The van der Waals surface area contributed by atoms with Gasteiger partial charge in [0.25, 0.3) is 0 Å². The average Bonchev–Trinajstić information content (AvgIpc) is 3.10. The lowest BCUT2D eigenvalue weighted by atomic mass is 9.84.